The Kier molecular flexibility index (Phi) is 3.98. The van der Waals surface area contributed by atoms with E-state index in [1.807, 2.05) is 37.3 Å². The second kappa shape index (κ2) is 5.22. The maximum atomic E-state index is 12.4. The van der Waals surface area contributed by atoms with Gasteiger partial charge in [0.15, 0.2) is 5.78 Å². The molecule has 100 valence electrons. The Morgan fingerprint density at radius 3 is 2.16 bits per heavy atom. The molecular formula is C16H17BrOS. The molecule has 0 amide bonds. The van der Waals surface area contributed by atoms with Crippen molar-refractivity contribution in [3.63, 3.8) is 0 Å². The van der Waals surface area contributed by atoms with Crippen LogP contribution in [0.15, 0.2) is 34.1 Å². The lowest BCUT2D eigenvalue weighted by Crippen LogP contribution is -2.11. The van der Waals surface area contributed by atoms with Gasteiger partial charge in [0.2, 0.25) is 0 Å². The van der Waals surface area contributed by atoms with Gasteiger partial charge in [0, 0.05) is 16.0 Å². The maximum absolute atomic E-state index is 12.4. The number of carbonyl (C=O) groups is 1. The number of hydrogen-bond donors (Lipinski definition) is 0. The van der Waals surface area contributed by atoms with Gasteiger partial charge in [-0.05, 0) is 39.9 Å². The number of benzene rings is 1. The van der Waals surface area contributed by atoms with Crippen LogP contribution >= 0.6 is 27.3 Å². The molecule has 19 heavy (non-hydrogen) atoms. The van der Waals surface area contributed by atoms with Crippen LogP contribution in [-0.2, 0) is 5.41 Å². The van der Waals surface area contributed by atoms with E-state index in [-0.39, 0.29) is 11.2 Å². The number of carbonyl (C=O) groups excluding carboxylic acids is 1. The summed E-state index contributed by atoms with van der Waals surface area (Å²) in [5, 5.41) is 0. The van der Waals surface area contributed by atoms with Gasteiger partial charge in [-0.3, -0.25) is 4.79 Å². The molecule has 0 aliphatic heterocycles. The number of thiophene rings is 1. The summed E-state index contributed by atoms with van der Waals surface area (Å²) < 4.78 is 1.000. The lowest BCUT2D eigenvalue weighted by Gasteiger charge is -2.18. The van der Waals surface area contributed by atoms with Gasteiger partial charge in [-0.2, -0.15) is 0 Å². The van der Waals surface area contributed by atoms with Gasteiger partial charge in [-0.25, -0.2) is 0 Å². The highest BCUT2D eigenvalue weighted by Crippen LogP contribution is 2.29. The fourth-order valence-corrected chi connectivity index (χ4v) is 3.64. The summed E-state index contributed by atoms with van der Waals surface area (Å²) in [5.74, 6) is 0.0971. The molecule has 2 rings (SSSR count). The minimum atomic E-state index is 0.0971. The fourth-order valence-electron chi connectivity index (χ4n) is 1.95. The van der Waals surface area contributed by atoms with Gasteiger partial charge in [-0.1, -0.05) is 45.0 Å². The zero-order chi connectivity index (χ0) is 14.2. The largest absolute Gasteiger partial charge is 0.289 e. The van der Waals surface area contributed by atoms with Crippen LogP contribution in [-0.4, -0.2) is 5.78 Å². The maximum Gasteiger partial charge on any atom is 0.194 e. The summed E-state index contributed by atoms with van der Waals surface area (Å²) in [4.78, 5) is 13.5. The molecule has 1 aromatic carbocycles. The van der Waals surface area contributed by atoms with Crippen LogP contribution in [0.25, 0.3) is 0 Å². The van der Waals surface area contributed by atoms with Crippen molar-refractivity contribution < 1.29 is 4.79 Å². The predicted octanol–water partition coefficient (Wildman–Crippen LogP) is 5.35. The first-order valence-electron chi connectivity index (χ1n) is 6.20. The van der Waals surface area contributed by atoms with E-state index in [4.69, 9.17) is 0 Å². The highest BCUT2D eigenvalue weighted by Gasteiger charge is 2.17. The van der Waals surface area contributed by atoms with Crippen LogP contribution in [0.2, 0.25) is 0 Å². The molecule has 0 aliphatic rings. The third-order valence-corrected chi connectivity index (χ3v) is 4.70. The van der Waals surface area contributed by atoms with E-state index in [2.05, 4.69) is 36.7 Å². The molecule has 0 N–H and O–H groups in total. The number of hydrogen-bond acceptors (Lipinski definition) is 2. The molecule has 1 heterocycles. The second-order valence-electron chi connectivity index (χ2n) is 5.68. The van der Waals surface area contributed by atoms with Crippen LogP contribution in [0.3, 0.4) is 0 Å². The van der Waals surface area contributed by atoms with E-state index in [0.29, 0.717) is 0 Å². The average Bonchev–Trinajstić information content (AvgIpc) is 2.66. The lowest BCUT2D eigenvalue weighted by atomic mass is 9.86. The molecule has 0 fully saturated rings. The normalized spacial score (nSPS) is 11.6. The predicted molar refractivity (Wildman–Crippen MR) is 85.3 cm³/mol. The molecule has 1 nitrogen and oxygen atoms in total. The second-order valence-corrected chi connectivity index (χ2v) is 8.31. The van der Waals surface area contributed by atoms with Crippen molar-refractivity contribution in [2.75, 3.05) is 0 Å². The van der Waals surface area contributed by atoms with E-state index in [0.717, 1.165) is 19.8 Å². The topological polar surface area (TPSA) is 17.1 Å². The third-order valence-electron chi connectivity index (χ3n) is 3.15. The van der Waals surface area contributed by atoms with Crippen molar-refractivity contribution >= 4 is 33.0 Å². The molecule has 0 aliphatic carbocycles. The van der Waals surface area contributed by atoms with Gasteiger partial charge in [0.25, 0.3) is 0 Å². The Balaban J connectivity index is 2.33. The molecule has 0 spiro atoms. The van der Waals surface area contributed by atoms with E-state index in [1.165, 1.54) is 5.56 Å². The van der Waals surface area contributed by atoms with Crippen LogP contribution in [0.4, 0.5) is 0 Å². The molecule has 0 unspecified atom stereocenters. The first kappa shape index (κ1) is 14.5. The SMILES string of the molecule is Cc1sc(Br)cc1C(=O)c1ccc(C(C)(C)C)cc1. The molecule has 3 heteroatoms. The monoisotopic (exact) mass is 336 g/mol. The molecule has 0 saturated carbocycles. The van der Waals surface area contributed by atoms with Crippen molar-refractivity contribution in [3.05, 3.63) is 55.7 Å². The van der Waals surface area contributed by atoms with Crippen molar-refractivity contribution in [2.45, 2.75) is 33.1 Å². The number of ketones is 1. The Morgan fingerprint density at radius 1 is 1.16 bits per heavy atom. The van der Waals surface area contributed by atoms with Crippen molar-refractivity contribution in [3.8, 4) is 0 Å². The van der Waals surface area contributed by atoms with Gasteiger partial charge >= 0.3 is 0 Å². The number of aryl methyl sites for hydroxylation is 1. The van der Waals surface area contributed by atoms with Crippen LogP contribution in [0.5, 0.6) is 0 Å². The Hall–Kier alpha value is -0.930. The van der Waals surface area contributed by atoms with E-state index in [9.17, 15) is 4.79 Å². The van der Waals surface area contributed by atoms with E-state index < -0.39 is 0 Å². The quantitative estimate of drug-likeness (QED) is 0.675. The van der Waals surface area contributed by atoms with Gasteiger partial charge in [0.05, 0.1) is 3.79 Å². The molecular weight excluding hydrogens is 320 g/mol. The molecule has 2 aromatic rings. The minimum Gasteiger partial charge on any atom is -0.289 e. The van der Waals surface area contributed by atoms with Gasteiger partial charge in [-0.15, -0.1) is 11.3 Å². The van der Waals surface area contributed by atoms with Crippen LogP contribution in [0, 0.1) is 6.92 Å². The fraction of sp³-hybridized carbons (Fsp3) is 0.312. The van der Waals surface area contributed by atoms with Gasteiger partial charge < -0.3 is 0 Å². The first-order chi connectivity index (χ1) is 8.79. The van der Waals surface area contributed by atoms with Crippen molar-refractivity contribution in [1.29, 1.82) is 0 Å². The average molecular weight is 337 g/mol. The zero-order valence-corrected chi connectivity index (χ0v) is 14.0. The molecule has 0 bridgehead atoms. The molecule has 0 radical (unpaired) electrons. The van der Waals surface area contributed by atoms with Gasteiger partial charge in [0.1, 0.15) is 0 Å². The molecule has 0 atom stereocenters. The lowest BCUT2D eigenvalue weighted by molar-refractivity contribution is 0.103. The summed E-state index contributed by atoms with van der Waals surface area (Å²) in [5.41, 5.74) is 2.90. The summed E-state index contributed by atoms with van der Waals surface area (Å²) in [6, 6.07) is 9.84. The molecule has 1 aromatic heterocycles. The standard InChI is InChI=1S/C16H17BrOS/c1-10-13(9-14(17)19-10)15(18)11-5-7-12(8-6-11)16(2,3)4/h5-9H,1-4H3. The summed E-state index contributed by atoms with van der Waals surface area (Å²) in [7, 11) is 0. The van der Waals surface area contributed by atoms with Crippen molar-refractivity contribution in [2.24, 2.45) is 0 Å². The number of halogens is 1. The molecule has 0 saturated heterocycles. The smallest absolute Gasteiger partial charge is 0.194 e. The zero-order valence-electron chi connectivity index (χ0n) is 11.6. The highest BCUT2D eigenvalue weighted by atomic mass is 79.9. The summed E-state index contributed by atoms with van der Waals surface area (Å²) in [6.45, 7) is 8.49. The third kappa shape index (κ3) is 3.15. The van der Waals surface area contributed by atoms with E-state index >= 15 is 0 Å². The van der Waals surface area contributed by atoms with Crippen LogP contribution < -0.4 is 0 Å². The van der Waals surface area contributed by atoms with Crippen molar-refractivity contribution in [1.82, 2.24) is 0 Å². The Labute approximate surface area is 126 Å². The number of rotatable bonds is 2. The highest BCUT2D eigenvalue weighted by molar-refractivity contribution is 9.11. The minimum absolute atomic E-state index is 0.0971. The summed E-state index contributed by atoms with van der Waals surface area (Å²) >= 11 is 5.02. The van der Waals surface area contributed by atoms with E-state index in [1.54, 1.807) is 11.3 Å². The van der Waals surface area contributed by atoms with Crippen LogP contribution in [0.1, 0.15) is 47.1 Å². The Morgan fingerprint density at radius 2 is 1.74 bits per heavy atom. The Bertz CT molecular complexity index is 603. The first-order valence-corrected chi connectivity index (χ1v) is 7.81. The summed E-state index contributed by atoms with van der Waals surface area (Å²) in [6.07, 6.45) is 0.